The highest BCUT2D eigenvalue weighted by molar-refractivity contribution is 6.79. The van der Waals surface area contributed by atoms with Gasteiger partial charge in [0, 0.05) is 24.6 Å². The maximum atomic E-state index is 9.26. The molecule has 5 heteroatoms. The van der Waals surface area contributed by atoms with Gasteiger partial charge in [-0.2, -0.15) is 0 Å². The van der Waals surface area contributed by atoms with Gasteiger partial charge in [-0.05, 0) is 18.4 Å². The fourth-order valence-electron chi connectivity index (χ4n) is 1.95. The van der Waals surface area contributed by atoms with Gasteiger partial charge in [-0.1, -0.05) is 26.2 Å². The van der Waals surface area contributed by atoms with E-state index in [1.54, 1.807) is 0 Å². The third-order valence-electron chi connectivity index (χ3n) is 3.12. The average molecular weight is 269 g/mol. The summed E-state index contributed by atoms with van der Waals surface area (Å²) >= 11 is 5.60. The van der Waals surface area contributed by atoms with E-state index in [9.17, 15) is 15.3 Å². The smallest absolute Gasteiger partial charge is 0.140 e. The molecule has 0 rings (SSSR count). The summed E-state index contributed by atoms with van der Waals surface area (Å²) in [5.74, 6) is 1.19. The molecule has 3 N–H and O–H groups in total. The molecule has 0 aliphatic heterocycles. The van der Waals surface area contributed by atoms with Gasteiger partial charge in [-0.15, -0.1) is 11.6 Å². The van der Waals surface area contributed by atoms with Gasteiger partial charge in [-0.25, -0.2) is 0 Å². The van der Waals surface area contributed by atoms with Gasteiger partial charge in [0.2, 0.25) is 0 Å². The molecule has 0 aliphatic rings. The largest absolute Gasteiger partial charge is 0.399 e. The first-order valence-electron chi connectivity index (χ1n) is 6.02. The molecule has 0 aromatic carbocycles. The van der Waals surface area contributed by atoms with E-state index in [0.29, 0.717) is 5.92 Å². The topological polar surface area (TPSA) is 60.7 Å². The molecule has 0 aromatic rings. The Morgan fingerprint density at radius 3 is 2.00 bits per heavy atom. The number of unbranched alkanes of at least 4 members (excludes halogenated alkanes) is 2. The van der Waals surface area contributed by atoms with Crippen molar-refractivity contribution in [2.24, 2.45) is 5.92 Å². The Bertz CT molecular complexity index is 157. The molecule has 0 saturated carbocycles. The summed E-state index contributed by atoms with van der Waals surface area (Å²) in [5.41, 5.74) is 0. The minimum atomic E-state index is -2.21. The van der Waals surface area contributed by atoms with Crippen LogP contribution in [0, 0.1) is 5.92 Å². The lowest BCUT2D eigenvalue weighted by molar-refractivity contribution is 0.283. The van der Waals surface area contributed by atoms with Gasteiger partial charge < -0.3 is 15.3 Å². The lowest BCUT2D eigenvalue weighted by Crippen LogP contribution is -2.49. The zero-order valence-electron chi connectivity index (χ0n) is 10.2. The van der Waals surface area contributed by atoms with E-state index < -0.39 is 8.07 Å². The zero-order valence-corrected chi connectivity index (χ0v) is 11.9. The summed E-state index contributed by atoms with van der Waals surface area (Å²) in [4.78, 5) is 0. The van der Waals surface area contributed by atoms with Gasteiger partial charge in [-0.3, -0.25) is 0 Å². The first-order chi connectivity index (χ1) is 7.64. The van der Waals surface area contributed by atoms with Crippen LogP contribution in [0.25, 0.3) is 0 Å². The van der Waals surface area contributed by atoms with Crippen LogP contribution in [0.15, 0.2) is 0 Å². The number of hydrogen-bond acceptors (Lipinski definition) is 3. The van der Waals surface area contributed by atoms with Crippen LogP contribution in [-0.4, -0.2) is 48.0 Å². The van der Waals surface area contributed by atoms with Crippen LogP contribution in [0.2, 0.25) is 6.04 Å². The lowest BCUT2D eigenvalue weighted by Gasteiger charge is -2.28. The quantitative estimate of drug-likeness (QED) is 0.319. The Hall–Kier alpha value is 0.387. The van der Waals surface area contributed by atoms with E-state index in [2.05, 4.69) is 6.92 Å². The SMILES string of the molecule is CC(CCCCCCl)C[Si](CO)(CO)CO. The van der Waals surface area contributed by atoms with Crippen molar-refractivity contribution in [2.75, 3.05) is 24.6 Å². The highest BCUT2D eigenvalue weighted by atomic mass is 35.5. The van der Waals surface area contributed by atoms with Gasteiger partial charge in [0.1, 0.15) is 8.07 Å². The van der Waals surface area contributed by atoms with E-state index >= 15 is 0 Å². The van der Waals surface area contributed by atoms with Crippen LogP contribution >= 0.6 is 11.6 Å². The molecule has 0 fully saturated rings. The standard InChI is InChI=1S/C11H25ClO3Si/c1-11(5-3-2-4-6-12)7-16(8-13,9-14)10-15/h11,13-15H,2-10H2,1H3. The van der Waals surface area contributed by atoms with Crippen LogP contribution in [0.4, 0.5) is 0 Å². The van der Waals surface area contributed by atoms with Gasteiger partial charge in [0.15, 0.2) is 0 Å². The predicted molar refractivity (Wildman–Crippen MR) is 70.2 cm³/mol. The number of aliphatic hydroxyl groups excluding tert-OH is 3. The number of hydrogen-bond donors (Lipinski definition) is 3. The third-order valence-corrected chi connectivity index (χ3v) is 6.96. The second kappa shape index (κ2) is 9.42. The van der Waals surface area contributed by atoms with Gasteiger partial charge in [0.25, 0.3) is 0 Å². The molecule has 0 saturated heterocycles. The minimum Gasteiger partial charge on any atom is -0.399 e. The number of alkyl halides is 1. The molecule has 3 nitrogen and oxygen atoms in total. The Kier molecular flexibility index (Phi) is 9.65. The van der Waals surface area contributed by atoms with Crippen molar-refractivity contribution >= 4 is 19.7 Å². The number of rotatable bonds is 10. The van der Waals surface area contributed by atoms with E-state index in [1.165, 1.54) is 0 Å². The van der Waals surface area contributed by atoms with Gasteiger partial charge >= 0.3 is 0 Å². The van der Waals surface area contributed by atoms with Crippen molar-refractivity contribution in [2.45, 2.75) is 38.7 Å². The first-order valence-corrected chi connectivity index (χ1v) is 9.39. The summed E-state index contributed by atoms with van der Waals surface area (Å²) < 4.78 is 0. The molecule has 98 valence electrons. The summed E-state index contributed by atoms with van der Waals surface area (Å²) in [6, 6.07) is 0.803. The van der Waals surface area contributed by atoms with Crippen molar-refractivity contribution in [3.05, 3.63) is 0 Å². The maximum absolute atomic E-state index is 9.26. The second-order valence-corrected chi connectivity index (χ2v) is 9.56. The Morgan fingerprint density at radius 1 is 1.00 bits per heavy atom. The minimum absolute atomic E-state index is 0.0218. The second-order valence-electron chi connectivity index (χ2n) is 4.82. The first kappa shape index (κ1) is 16.4. The summed E-state index contributed by atoms with van der Waals surface area (Å²) in [7, 11) is -2.21. The van der Waals surface area contributed by atoms with E-state index in [-0.39, 0.29) is 18.7 Å². The molecular weight excluding hydrogens is 244 g/mol. The molecule has 0 heterocycles. The van der Waals surface area contributed by atoms with Crippen LogP contribution in [0.5, 0.6) is 0 Å². The highest BCUT2D eigenvalue weighted by Gasteiger charge is 2.32. The molecular formula is C11H25ClO3Si. The fourth-order valence-corrected chi connectivity index (χ4v) is 4.51. The van der Waals surface area contributed by atoms with Crippen LogP contribution in [0.1, 0.15) is 32.6 Å². The lowest BCUT2D eigenvalue weighted by atomic mass is 10.1. The number of halogens is 1. The zero-order chi connectivity index (χ0) is 12.4. The fraction of sp³-hybridized carbons (Fsp3) is 1.00. The molecule has 0 radical (unpaired) electrons. The predicted octanol–water partition coefficient (Wildman–Crippen LogP) is 1.46. The van der Waals surface area contributed by atoms with Crippen molar-refractivity contribution in [1.29, 1.82) is 0 Å². The van der Waals surface area contributed by atoms with Gasteiger partial charge in [0.05, 0.1) is 0 Å². The normalized spacial score (nSPS) is 14.1. The van der Waals surface area contributed by atoms with Crippen molar-refractivity contribution in [1.82, 2.24) is 0 Å². The Balaban J connectivity index is 3.86. The number of aliphatic hydroxyl groups is 3. The monoisotopic (exact) mass is 268 g/mol. The van der Waals surface area contributed by atoms with Crippen molar-refractivity contribution < 1.29 is 15.3 Å². The van der Waals surface area contributed by atoms with Crippen molar-refractivity contribution in [3.63, 3.8) is 0 Å². The van der Waals surface area contributed by atoms with E-state index in [1.807, 2.05) is 0 Å². The third kappa shape index (κ3) is 6.20. The van der Waals surface area contributed by atoms with Crippen LogP contribution < -0.4 is 0 Å². The highest BCUT2D eigenvalue weighted by Crippen LogP contribution is 2.21. The summed E-state index contributed by atoms with van der Waals surface area (Å²) in [6.45, 7) is 2.13. The summed E-state index contributed by atoms with van der Waals surface area (Å²) in [5, 5.41) is 27.8. The van der Waals surface area contributed by atoms with Crippen LogP contribution in [-0.2, 0) is 0 Å². The average Bonchev–Trinajstić information content (AvgIpc) is 2.32. The van der Waals surface area contributed by atoms with E-state index in [4.69, 9.17) is 11.6 Å². The van der Waals surface area contributed by atoms with Crippen molar-refractivity contribution in [3.8, 4) is 0 Å². The Morgan fingerprint density at radius 2 is 1.56 bits per heavy atom. The molecule has 0 spiro atoms. The van der Waals surface area contributed by atoms with Crippen LogP contribution in [0.3, 0.4) is 0 Å². The molecule has 16 heavy (non-hydrogen) atoms. The molecule has 1 unspecified atom stereocenters. The molecule has 0 amide bonds. The molecule has 0 aliphatic carbocycles. The molecule has 1 atom stereocenters. The summed E-state index contributed by atoms with van der Waals surface area (Å²) in [6.07, 6.45) is 4.35. The molecule has 0 aromatic heterocycles. The Labute approximate surface area is 104 Å². The van der Waals surface area contributed by atoms with E-state index in [0.717, 1.165) is 37.6 Å². The molecule has 0 bridgehead atoms. The maximum Gasteiger partial charge on any atom is 0.140 e.